The third kappa shape index (κ3) is 4.87. The van der Waals surface area contributed by atoms with Crippen LogP contribution in [-0.2, 0) is 4.79 Å². The van der Waals surface area contributed by atoms with Gasteiger partial charge in [0.25, 0.3) is 5.91 Å². The van der Waals surface area contributed by atoms with E-state index in [1.54, 1.807) is 6.07 Å². The van der Waals surface area contributed by atoms with Crippen molar-refractivity contribution < 1.29 is 23.8 Å². The van der Waals surface area contributed by atoms with Gasteiger partial charge in [-0.3, -0.25) is 4.79 Å². The standard InChI is InChI=1S/C28H38FNO4/c1-5-19-9-10-30(25(19)27(32)33)26(31)22-12-21(20-7-8-20)24(13-23(22)29)34-16-28(6-2)14-17(3)11-18(4)15-28/h12-13,18-20,25H,3,5-11,14-16H2,1-2,4H3,(H,32,33)/t18?,19-,25-,28?/m0/s1. The van der Waals surface area contributed by atoms with Gasteiger partial charge in [-0.25, -0.2) is 9.18 Å². The van der Waals surface area contributed by atoms with Gasteiger partial charge in [-0.1, -0.05) is 39.3 Å². The maximum atomic E-state index is 15.3. The summed E-state index contributed by atoms with van der Waals surface area (Å²) in [6.07, 6.45) is 7.28. The number of carbonyl (C=O) groups excluding carboxylic acids is 1. The van der Waals surface area contributed by atoms with Crippen LogP contribution in [0.15, 0.2) is 24.3 Å². The molecule has 1 aliphatic heterocycles. The van der Waals surface area contributed by atoms with Crippen LogP contribution in [0.25, 0.3) is 0 Å². The van der Waals surface area contributed by atoms with E-state index in [-0.39, 0.29) is 22.8 Å². The van der Waals surface area contributed by atoms with Gasteiger partial charge >= 0.3 is 5.97 Å². The highest BCUT2D eigenvalue weighted by molar-refractivity contribution is 5.97. The van der Waals surface area contributed by atoms with Crippen LogP contribution in [0.1, 0.15) is 94.0 Å². The zero-order valence-corrected chi connectivity index (χ0v) is 20.7. The maximum absolute atomic E-state index is 15.3. The van der Waals surface area contributed by atoms with Crippen LogP contribution in [0.5, 0.6) is 5.75 Å². The second-order valence-corrected chi connectivity index (χ2v) is 11.0. The molecule has 4 rings (SSSR count). The molecule has 0 spiro atoms. The summed E-state index contributed by atoms with van der Waals surface area (Å²) in [7, 11) is 0. The highest BCUT2D eigenvalue weighted by atomic mass is 19.1. The topological polar surface area (TPSA) is 66.8 Å². The van der Waals surface area contributed by atoms with Crippen LogP contribution in [0.4, 0.5) is 4.39 Å². The number of rotatable bonds is 8. The number of nitrogens with zero attached hydrogens (tertiary/aromatic N) is 1. The van der Waals surface area contributed by atoms with Crippen molar-refractivity contribution >= 4 is 11.9 Å². The van der Waals surface area contributed by atoms with Gasteiger partial charge in [0.2, 0.25) is 0 Å². The monoisotopic (exact) mass is 471 g/mol. The van der Waals surface area contributed by atoms with E-state index in [1.807, 2.05) is 6.92 Å². The van der Waals surface area contributed by atoms with Gasteiger partial charge in [0.15, 0.2) is 0 Å². The zero-order valence-electron chi connectivity index (χ0n) is 20.7. The molecule has 2 saturated carbocycles. The van der Waals surface area contributed by atoms with E-state index in [0.29, 0.717) is 37.7 Å². The van der Waals surface area contributed by atoms with E-state index < -0.39 is 23.7 Å². The van der Waals surface area contributed by atoms with Crippen LogP contribution in [0.3, 0.4) is 0 Å². The van der Waals surface area contributed by atoms with Crippen LogP contribution in [0.2, 0.25) is 0 Å². The number of aliphatic carboxylic acids is 1. The van der Waals surface area contributed by atoms with Crippen molar-refractivity contribution in [2.75, 3.05) is 13.2 Å². The maximum Gasteiger partial charge on any atom is 0.326 e. The number of benzene rings is 1. The van der Waals surface area contributed by atoms with E-state index in [4.69, 9.17) is 4.74 Å². The SMILES string of the molecule is C=C1CC(C)CC(CC)(COc2cc(F)c(C(=O)N3CC[C@H](CC)[C@H]3C(=O)O)cc2C2CC2)C1. The Morgan fingerprint density at radius 2 is 2.00 bits per heavy atom. The van der Waals surface area contributed by atoms with Crippen LogP contribution in [-0.4, -0.2) is 41.1 Å². The number of carboxylic acids is 1. The molecule has 0 radical (unpaired) electrons. The van der Waals surface area contributed by atoms with Crippen molar-refractivity contribution in [2.24, 2.45) is 17.3 Å². The van der Waals surface area contributed by atoms with Crippen LogP contribution < -0.4 is 4.74 Å². The van der Waals surface area contributed by atoms with Gasteiger partial charge in [-0.05, 0) is 74.3 Å². The number of amides is 1. The molecule has 1 N–H and O–H groups in total. The number of halogens is 1. The summed E-state index contributed by atoms with van der Waals surface area (Å²) in [5.74, 6) is -0.953. The molecule has 5 nitrogen and oxygen atoms in total. The number of likely N-dealkylation sites (tertiary alicyclic amines) is 1. The van der Waals surface area contributed by atoms with E-state index >= 15 is 4.39 Å². The zero-order chi connectivity index (χ0) is 24.6. The minimum Gasteiger partial charge on any atom is -0.493 e. The predicted octanol–water partition coefficient (Wildman–Crippen LogP) is 6.18. The molecule has 1 saturated heterocycles. The van der Waals surface area contributed by atoms with Gasteiger partial charge in [-0.2, -0.15) is 0 Å². The third-order valence-electron chi connectivity index (χ3n) is 8.24. The highest BCUT2D eigenvalue weighted by Gasteiger charge is 2.42. The van der Waals surface area contributed by atoms with Crippen molar-refractivity contribution in [1.29, 1.82) is 0 Å². The summed E-state index contributed by atoms with van der Waals surface area (Å²) in [6, 6.07) is 2.08. The summed E-state index contributed by atoms with van der Waals surface area (Å²) in [5, 5.41) is 9.71. The molecule has 1 heterocycles. The first kappa shape index (κ1) is 24.7. The van der Waals surface area contributed by atoms with Crippen LogP contribution in [0, 0.1) is 23.1 Å². The van der Waals surface area contributed by atoms with E-state index in [9.17, 15) is 14.7 Å². The minimum atomic E-state index is -1.02. The number of carbonyl (C=O) groups is 2. The van der Waals surface area contributed by atoms with Gasteiger partial charge in [0.1, 0.15) is 17.6 Å². The molecule has 2 aliphatic carbocycles. The minimum absolute atomic E-state index is 0.0000367. The normalized spacial score (nSPS) is 29.4. The number of hydrogen-bond donors (Lipinski definition) is 1. The fraction of sp³-hybridized carbons (Fsp3) is 0.643. The molecule has 0 bridgehead atoms. The van der Waals surface area contributed by atoms with Crippen molar-refractivity contribution in [1.82, 2.24) is 4.90 Å². The van der Waals surface area contributed by atoms with Gasteiger partial charge < -0.3 is 14.7 Å². The Hall–Kier alpha value is -2.37. The Morgan fingerprint density at radius 3 is 2.59 bits per heavy atom. The second-order valence-electron chi connectivity index (χ2n) is 11.0. The van der Waals surface area contributed by atoms with Crippen molar-refractivity contribution in [3.63, 3.8) is 0 Å². The number of ether oxygens (including phenoxy) is 1. The number of hydrogen-bond acceptors (Lipinski definition) is 3. The summed E-state index contributed by atoms with van der Waals surface area (Å²) >= 11 is 0. The molecule has 34 heavy (non-hydrogen) atoms. The summed E-state index contributed by atoms with van der Waals surface area (Å²) < 4.78 is 21.6. The first-order chi connectivity index (χ1) is 16.2. The Bertz CT molecular complexity index is 971. The Kier molecular flexibility index (Phi) is 7.07. The lowest BCUT2D eigenvalue weighted by Gasteiger charge is -2.40. The Morgan fingerprint density at radius 1 is 1.26 bits per heavy atom. The van der Waals surface area contributed by atoms with Crippen molar-refractivity contribution in [3.05, 3.63) is 41.2 Å². The molecule has 3 fully saturated rings. The lowest BCUT2D eigenvalue weighted by Crippen LogP contribution is -2.43. The average Bonchev–Trinajstić information content (AvgIpc) is 3.53. The van der Waals surface area contributed by atoms with Gasteiger partial charge in [0, 0.05) is 18.0 Å². The predicted molar refractivity (Wildman–Crippen MR) is 130 cm³/mol. The average molecular weight is 472 g/mol. The summed E-state index contributed by atoms with van der Waals surface area (Å²) in [4.78, 5) is 26.5. The molecule has 186 valence electrons. The Balaban J connectivity index is 1.58. The molecule has 6 heteroatoms. The Labute approximate surface area is 202 Å². The van der Waals surface area contributed by atoms with E-state index in [2.05, 4.69) is 20.4 Å². The fourth-order valence-corrected chi connectivity index (χ4v) is 6.27. The first-order valence-corrected chi connectivity index (χ1v) is 12.8. The number of carboxylic acid groups (broad SMARTS) is 1. The molecule has 0 aromatic heterocycles. The molecule has 1 amide bonds. The van der Waals surface area contributed by atoms with Crippen molar-refractivity contribution in [3.8, 4) is 5.75 Å². The largest absolute Gasteiger partial charge is 0.493 e. The van der Waals surface area contributed by atoms with E-state index in [1.165, 1.54) is 16.5 Å². The smallest absolute Gasteiger partial charge is 0.326 e. The molecular formula is C28H38FNO4. The highest BCUT2D eigenvalue weighted by Crippen LogP contribution is 2.48. The summed E-state index contributed by atoms with van der Waals surface area (Å²) in [6.45, 7) is 11.4. The quantitative estimate of drug-likeness (QED) is 0.460. The van der Waals surface area contributed by atoms with Gasteiger partial charge in [-0.15, -0.1) is 0 Å². The molecule has 4 atom stereocenters. The fourth-order valence-electron chi connectivity index (χ4n) is 6.27. The summed E-state index contributed by atoms with van der Waals surface area (Å²) in [5.41, 5.74) is 2.08. The molecule has 1 aromatic carbocycles. The molecule has 1 aromatic rings. The lowest BCUT2D eigenvalue weighted by atomic mass is 9.67. The van der Waals surface area contributed by atoms with E-state index in [0.717, 1.165) is 44.1 Å². The first-order valence-electron chi connectivity index (χ1n) is 12.8. The second kappa shape index (κ2) is 9.71. The third-order valence-corrected chi connectivity index (χ3v) is 8.24. The van der Waals surface area contributed by atoms with Crippen molar-refractivity contribution in [2.45, 2.75) is 84.1 Å². The molecular weight excluding hydrogens is 433 g/mol. The lowest BCUT2D eigenvalue weighted by molar-refractivity contribution is -0.142. The van der Waals surface area contributed by atoms with Crippen LogP contribution >= 0.6 is 0 Å². The molecule has 3 aliphatic rings. The molecule has 2 unspecified atom stereocenters. The number of allylic oxidation sites excluding steroid dienone is 1. The van der Waals surface area contributed by atoms with Gasteiger partial charge in [0.05, 0.1) is 12.2 Å².